The lowest BCUT2D eigenvalue weighted by atomic mass is 10.1. The van der Waals surface area contributed by atoms with Gasteiger partial charge in [0.05, 0.1) is 20.8 Å². The quantitative estimate of drug-likeness (QED) is 0.778. The molecule has 28 heavy (non-hydrogen) atoms. The summed E-state index contributed by atoms with van der Waals surface area (Å²) in [5.41, 5.74) is 1.19. The van der Waals surface area contributed by atoms with Crippen LogP contribution in [0.25, 0.3) is 0 Å². The van der Waals surface area contributed by atoms with Crippen LogP contribution in [0, 0.1) is 0 Å². The zero-order valence-corrected chi connectivity index (χ0v) is 15.6. The lowest BCUT2D eigenvalue weighted by Crippen LogP contribution is -2.30. The first-order chi connectivity index (χ1) is 13.3. The predicted molar refractivity (Wildman–Crippen MR) is 97.2 cm³/mol. The van der Waals surface area contributed by atoms with Gasteiger partial charge in [-0.3, -0.25) is 9.69 Å². The highest BCUT2D eigenvalue weighted by Gasteiger charge is 2.43. The molecular formula is C19H20F2N2O5. The molecule has 2 aromatic rings. The van der Waals surface area contributed by atoms with Gasteiger partial charge in [0.1, 0.15) is 0 Å². The zero-order chi connectivity index (χ0) is 20.3. The number of hydrogen-bond acceptors (Lipinski definition) is 6. The lowest BCUT2D eigenvalue weighted by molar-refractivity contribution is -0.286. The maximum Gasteiger partial charge on any atom is 0.586 e. The number of hydrogen-bond donors (Lipinski definition) is 1. The Kier molecular flexibility index (Phi) is 5.55. The molecule has 0 aliphatic carbocycles. The van der Waals surface area contributed by atoms with Crippen LogP contribution < -0.4 is 24.3 Å². The van der Waals surface area contributed by atoms with E-state index < -0.39 is 6.29 Å². The van der Waals surface area contributed by atoms with Crippen molar-refractivity contribution in [1.82, 2.24) is 4.90 Å². The molecule has 1 heterocycles. The van der Waals surface area contributed by atoms with Gasteiger partial charge in [0.25, 0.3) is 0 Å². The fourth-order valence-corrected chi connectivity index (χ4v) is 2.90. The summed E-state index contributed by atoms with van der Waals surface area (Å²) in [5.74, 6) is 0.696. The van der Waals surface area contributed by atoms with Crippen LogP contribution in [-0.4, -0.2) is 44.9 Å². The number of para-hydroxylation sites is 1. The Morgan fingerprint density at radius 1 is 1.14 bits per heavy atom. The molecule has 3 rings (SSSR count). The van der Waals surface area contributed by atoms with E-state index in [1.807, 2.05) is 12.1 Å². The molecule has 0 bridgehead atoms. The van der Waals surface area contributed by atoms with E-state index >= 15 is 0 Å². The monoisotopic (exact) mass is 394 g/mol. The van der Waals surface area contributed by atoms with Crippen molar-refractivity contribution in [3.63, 3.8) is 0 Å². The standard InChI is InChI=1S/C19H20F2N2O5/c1-23(10-12-5-4-6-15(25-2)18(12)26-3)11-17(24)22-13-7-8-14-16(9-13)28-19(20,21)27-14/h4-9H,10-11H2,1-3H3,(H,22,24). The number of fused-ring (bicyclic) bond motifs is 1. The molecule has 1 N–H and O–H groups in total. The molecule has 0 radical (unpaired) electrons. The van der Waals surface area contributed by atoms with Crippen molar-refractivity contribution in [3.05, 3.63) is 42.0 Å². The van der Waals surface area contributed by atoms with E-state index in [0.717, 1.165) is 5.56 Å². The van der Waals surface area contributed by atoms with Gasteiger partial charge < -0.3 is 24.3 Å². The van der Waals surface area contributed by atoms with E-state index in [1.165, 1.54) is 18.2 Å². The summed E-state index contributed by atoms with van der Waals surface area (Å²) in [6, 6.07) is 9.58. The molecule has 0 atom stereocenters. The van der Waals surface area contributed by atoms with Crippen molar-refractivity contribution >= 4 is 11.6 Å². The third kappa shape index (κ3) is 4.42. The summed E-state index contributed by atoms with van der Waals surface area (Å²) >= 11 is 0. The molecule has 0 saturated heterocycles. The Morgan fingerprint density at radius 3 is 2.61 bits per heavy atom. The van der Waals surface area contributed by atoms with E-state index in [2.05, 4.69) is 14.8 Å². The topological polar surface area (TPSA) is 69.3 Å². The number of ether oxygens (including phenoxy) is 4. The number of methoxy groups -OCH3 is 2. The molecular weight excluding hydrogens is 374 g/mol. The first kappa shape index (κ1) is 19.7. The van der Waals surface area contributed by atoms with Crippen molar-refractivity contribution < 1.29 is 32.5 Å². The normalized spacial score (nSPS) is 14.1. The summed E-state index contributed by atoms with van der Waals surface area (Å²) in [5, 5.41) is 2.65. The average molecular weight is 394 g/mol. The largest absolute Gasteiger partial charge is 0.586 e. The minimum absolute atomic E-state index is 0.0744. The van der Waals surface area contributed by atoms with Gasteiger partial charge in [0.2, 0.25) is 5.91 Å². The highest BCUT2D eigenvalue weighted by Crippen LogP contribution is 2.42. The molecule has 0 fully saturated rings. The molecule has 0 saturated carbocycles. The van der Waals surface area contributed by atoms with Crippen molar-refractivity contribution in [2.45, 2.75) is 12.8 Å². The summed E-state index contributed by atoms with van der Waals surface area (Å²) in [4.78, 5) is 14.1. The molecule has 150 valence electrons. The zero-order valence-electron chi connectivity index (χ0n) is 15.6. The molecule has 1 amide bonds. The number of carbonyl (C=O) groups excluding carboxylic acids is 1. The minimum Gasteiger partial charge on any atom is -0.493 e. The van der Waals surface area contributed by atoms with Gasteiger partial charge in [-0.05, 0) is 25.2 Å². The van der Waals surface area contributed by atoms with Crippen molar-refractivity contribution in [1.29, 1.82) is 0 Å². The third-order valence-electron chi connectivity index (χ3n) is 4.02. The Balaban J connectivity index is 1.60. The average Bonchev–Trinajstić information content (AvgIpc) is 2.94. The summed E-state index contributed by atoms with van der Waals surface area (Å²) in [7, 11) is 4.88. The first-order valence-corrected chi connectivity index (χ1v) is 8.39. The van der Waals surface area contributed by atoms with Crippen molar-refractivity contribution in [3.8, 4) is 23.0 Å². The number of carbonyl (C=O) groups is 1. The number of nitrogens with one attached hydrogen (secondary N) is 1. The molecule has 0 spiro atoms. The number of nitrogens with zero attached hydrogens (tertiary/aromatic N) is 1. The Bertz CT molecular complexity index is 875. The SMILES string of the molecule is COc1cccc(CN(C)CC(=O)Nc2ccc3c(c2)OC(F)(F)O3)c1OC. The van der Waals surface area contributed by atoms with Crippen LogP contribution in [0.3, 0.4) is 0 Å². The van der Waals surface area contributed by atoms with Gasteiger partial charge in [0.15, 0.2) is 23.0 Å². The molecule has 2 aromatic carbocycles. The van der Waals surface area contributed by atoms with Crippen LogP contribution in [0.15, 0.2) is 36.4 Å². The Labute approximate surface area is 160 Å². The molecule has 0 unspecified atom stereocenters. The van der Waals surface area contributed by atoms with E-state index in [0.29, 0.717) is 23.7 Å². The van der Waals surface area contributed by atoms with Gasteiger partial charge in [-0.15, -0.1) is 8.78 Å². The highest BCUT2D eigenvalue weighted by atomic mass is 19.3. The maximum absolute atomic E-state index is 13.1. The van der Waals surface area contributed by atoms with Crippen LogP contribution in [0.4, 0.5) is 14.5 Å². The van der Waals surface area contributed by atoms with E-state index in [4.69, 9.17) is 9.47 Å². The Hall–Kier alpha value is -3.07. The third-order valence-corrected chi connectivity index (χ3v) is 4.02. The van der Waals surface area contributed by atoms with Gasteiger partial charge in [-0.2, -0.15) is 0 Å². The van der Waals surface area contributed by atoms with E-state index in [-0.39, 0.29) is 24.0 Å². The highest BCUT2D eigenvalue weighted by molar-refractivity contribution is 5.92. The number of halogens is 2. The molecule has 1 aliphatic heterocycles. The number of rotatable bonds is 7. The summed E-state index contributed by atoms with van der Waals surface area (Å²) < 4.78 is 45.5. The van der Waals surface area contributed by atoms with E-state index in [9.17, 15) is 13.6 Å². The van der Waals surface area contributed by atoms with Crippen molar-refractivity contribution in [2.75, 3.05) is 33.1 Å². The molecule has 1 aliphatic rings. The van der Waals surface area contributed by atoms with Crippen LogP contribution in [-0.2, 0) is 11.3 Å². The molecule has 9 heteroatoms. The number of likely N-dealkylation sites (N-methyl/N-ethyl adjacent to an activating group) is 1. The number of benzene rings is 2. The van der Waals surface area contributed by atoms with Gasteiger partial charge in [0, 0.05) is 23.9 Å². The Morgan fingerprint density at radius 2 is 1.89 bits per heavy atom. The second-order valence-electron chi connectivity index (χ2n) is 6.20. The number of alkyl halides is 2. The lowest BCUT2D eigenvalue weighted by Gasteiger charge is -2.19. The summed E-state index contributed by atoms with van der Waals surface area (Å²) in [6.07, 6.45) is -3.69. The van der Waals surface area contributed by atoms with Crippen LogP contribution >= 0.6 is 0 Å². The van der Waals surface area contributed by atoms with Crippen LogP contribution in [0.1, 0.15) is 5.56 Å². The predicted octanol–water partition coefficient (Wildman–Crippen LogP) is 3.10. The van der Waals surface area contributed by atoms with Gasteiger partial charge >= 0.3 is 6.29 Å². The maximum atomic E-state index is 13.1. The second-order valence-corrected chi connectivity index (χ2v) is 6.20. The molecule has 0 aromatic heterocycles. The van der Waals surface area contributed by atoms with E-state index in [1.54, 1.807) is 32.2 Å². The van der Waals surface area contributed by atoms with Crippen LogP contribution in [0.5, 0.6) is 23.0 Å². The van der Waals surface area contributed by atoms with Crippen molar-refractivity contribution in [2.24, 2.45) is 0 Å². The van der Waals surface area contributed by atoms with Crippen LogP contribution in [0.2, 0.25) is 0 Å². The van der Waals surface area contributed by atoms with Gasteiger partial charge in [-0.1, -0.05) is 12.1 Å². The fourth-order valence-electron chi connectivity index (χ4n) is 2.90. The smallest absolute Gasteiger partial charge is 0.493 e. The number of anilines is 1. The summed E-state index contributed by atoms with van der Waals surface area (Å²) in [6.45, 7) is 0.520. The second kappa shape index (κ2) is 7.89. The first-order valence-electron chi connectivity index (χ1n) is 8.39. The molecule has 7 nitrogen and oxygen atoms in total. The number of amides is 1. The van der Waals surface area contributed by atoms with Gasteiger partial charge in [-0.25, -0.2) is 0 Å². The fraction of sp³-hybridized carbons (Fsp3) is 0.316. The minimum atomic E-state index is -3.69.